The third-order valence-electron chi connectivity index (χ3n) is 6.11. The Morgan fingerprint density at radius 2 is 1.70 bits per heavy atom. The van der Waals surface area contributed by atoms with Gasteiger partial charge in [-0.2, -0.15) is 13.2 Å². The first-order valence-electron chi connectivity index (χ1n) is 12.1. The number of thioether (sulfide) groups is 1. The number of nitrogens with zero attached hydrogens (tertiary/aromatic N) is 3. The normalized spacial score (nSPS) is 11.2. The SMILES string of the molecule is COc1ccc(NC(=O)CSc2nnc(CNC(=O)c3ccccc3C(F)(F)F)n2-c2cccc(C)c2C)cc1. The van der Waals surface area contributed by atoms with E-state index in [9.17, 15) is 22.8 Å². The van der Waals surface area contributed by atoms with Gasteiger partial charge in [0.15, 0.2) is 11.0 Å². The van der Waals surface area contributed by atoms with E-state index in [-0.39, 0.29) is 18.2 Å². The van der Waals surface area contributed by atoms with E-state index < -0.39 is 23.2 Å². The van der Waals surface area contributed by atoms with Crippen LogP contribution in [0.2, 0.25) is 0 Å². The van der Waals surface area contributed by atoms with E-state index in [0.29, 0.717) is 22.4 Å². The van der Waals surface area contributed by atoms with E-state index in [0.717, 1.165) is 40.7 Å². The molecule has 0 radical (unpaired) electrons. The zero-order valence-corrected chi connectivity index (χ0v) is 22.7. The van der Waals surface area contributed by atoms with Crippen LogP contribution < -0.4 is 15.4 Å². The van der Waals surface area contributed by atoms with E-state index in [2.05, 4.69) is 20.8 Å². The second kappa shape index (κ2) is 12.2. The van der Waals surface area contributed by atoms with Crippen LogP contribution in [-0.4, -0.2) is 39.4 Å². The lowest BCUT2D eigenvalue weighted by Gasteiger charge is -2.15. The van der Waals surface area contributed by atoms with Crippen molar-refractivity contribution in [3.8, 4) is 11.4 Å². The molecule has 0 fully saturated rings. The van der Waals surface area contributed by atoms with Gasteiger partial charge in [-0.05, 0) is 67.4 Å². The number of amides is 2. The van der Waals surface area contributed by atoms with E-state index in [1.165, 1.54) is 12.1 Å². The number of benzene rings is 3. The molecule has 0 aliphatic heterocycles. The largest absolute Gasteiger partial charge is 0.497 e. The third-order valence-corrected chi connectivity index (χ3v) is 7.04. The molecule has 0 bridgehead atoms. The van der Waals surface area contributed by atoms with Gasteiger partial charge in [0.25, 0.3) is 5.91 Å². The molecule has 208 valence electrons. The van der Waals surface area contributed by atoms with Crippen molar-refractivity contribution in [2.75, 3.05) is 18.2 Å². The lowest BCUT2D eigenvalue weighted by Crippen LogP contribution is -2.27. The minimum absolute atomic E-state index is 0.0142. The molecule has 0 unspecified atom stereocenters. The third kappa shape index (κ3) is 6.63. The van der Waals surface area contributed by atoms with Crippen LogP contribution in [0.3, 0.4) is 0 Å². The smallest absolute Gasteiger partial charge is 0.417 e. The van der Waals surface area contributed by atoms with E-state index in [1.54, 1.807) is 35.9 Å². The van der Waals surface area contributed by atoms with Crippen molar-refractivity contribution in [2.45, 2.75) is 31.7 Å². The Morgan fingerprint density at radius 1 is 0.975 bits per heavy atom. The van der Waals surface area contributed by atoms with Gasteiger partial charge in [-0.25, -0.2) is 0 Å². The lowest BCUT2D eigenvalue weighted by atomic mass is 10.1. The predicted molar refractivity (Wildman–Crippen MR) is 146 cm³/mol. The van der Waals surface area contributed by atoms with Gasteiger partial charge in [-0.1, -0.05) is 36.0 Å². The summed E-state index contributed by atoms with van der Waals surface area (Å²) in [6.07, 6.45) is -4.68. The Hall–Kier alpha value is -4.32. The number of methoxy groups -OCH3 is 1. The average molecular weight is 570 g/mol. The fourth-order valence-electron chi connectivity index (χ4n) is 3.91. The molecule has 40 heavy (non-hydrogen) atoms. The van der Waals surface area contributed by atoms with Crippen molar-refractivity contribution in [1.29, 1.82) is 0 Å². The van der Waals surface area contributed by atoms with E-state index in [1.807, 2.05) is 32.0 Å². The van der Waals surface area contributed by atoms with Gasteiger partial charge in [0.2, 0.25) is 5.91 Å². The van der Waals surface area contributed by atoms with Crippen LogP contribution >= 0.6 is 11.8 Å². The molecule has 0 saturated carbocycles. The summed E-state index contributed by atoms with van der Waals surface area (Å²) < 4.78 is 47.1. The van der Waals surface area contributed by atoms with Crippen LogP contribution in [0.15, 0.2) is 71.9 Å². The summed E-state index contributed by atoms with van der Waals surface area (Å²) in [5, 5.41) is 14.1. The van der Waals surface area contributed by atoms with Crippen molar-refractivity contribution in [1.82, 2.24) is 20.1 Å². The summed E-state index contributed by atoms with van der Waals surface area (Å²) in [6.45, 7) is 3.66. The average Bonchev–Trinajstić information content (AvgIpc) is 3.34. The van der Waals surface area contributed by atoms with Crippen molar-refractivity contribution in [2.24, 2.45) is 0 Å². The van der Waals surface area contributed by atoms with Crippen molar-refractivity contribution in [3.05, 3.63) is 94.8 Å². The zero-order chi connectivity index (χ0) is 28.9. The topological polar surface area (TPSA) is 98.1 Å². The van der Waals surface area contributed by atoms with Crippen LogP contribution in [0.4, 0.5) is 18.9 Å². The maximum Gasteiger partial charge on any atom is 0.417 e. The molecular formula is C28H26F3N5O3S. The molecule has 3 aromatic carbocycles. The highest BCUT2D eigenvalue weighted by Gasteiger charge is 2.35. The first-order valence-corrected chi connectivity index (χ1v) is 13.1. The molecule has 4 aromatic rings. The lowest BCUT2D eigenvalue weighted by molar-refractivity contribution is -0.138. The first kappa shape index (κ1) is 28.7. The van der Waals surface area contributed by atoms with Crippen molar-refractivity contribution < 1.29 is 27.5 Å². The Kier molecular flexibility index (Phi) is 8.78. The van der Waals surface area contributed by atoms with Gasteiger partial charge >= 0.3 is 6.18 Å². The number of rotatable bonds is 9. The highest BCUT2D eigenvalue weighted by atomic mass is 32.2. The molecule has 0 aliphatic rings. The summed E-state index contributed by atoms with van der Waals surface area (Å²) >= 11 is 1.14. The number of aryl methyl sites for hydroxylation is 1. The molecule has 2 N–H and O–H groups in total. The Labute approximate surface area is 233 Å². The molecule has 1 aromatic heterocycles. The van der Waals surface area contributed by atoms with Gasteiger partial charge in [0, 0.05) is 5.69 Å². The number of nitrogens with one attached hydrogen (secondary N) is 2. The summed E-state index contributed by atoms with van der Waals surface area (Å²) in [6, 6.07) is 17.1. The van der Waals surface area contributed by atoms with Gasteiger partial charge in [0.05, 0.1) is 36.2 Å². The molecule has 8 nitrogen and oxygen atoms in total. The number of aromatic nitrogens is 3. The summed E-state index contributed by atoms with van der Waals surface area (Å²) in [7, 11) is 1.55. The maximum atomic E-state index is 13.4. The number of halogens is 3. The van der Waals surface area contributed by atoms with Crippen LogP contribution in [-0.2, 0) is 17.5 Å². The second-order valence-corrected chi connectivity index (χ2v) is 9.69. The minimum Gasteiger partial charge on any atom is -0.497 e. The quantitative estimate of drug-likeness (QED) is 0.256. The minimum atomic E-state index is -4.68. The van der Waals surface area contributed by atoms with Gasteiger partial charge < -0.3 is 15.4 Å². The summed E-state index contributed by atoms with van der Waals surface area (Å²) in [4.78, 5) is 25.4. The highest BCUT2D eigenvalue weighted by molar-refractivity contribution is 7.99. The Balaban J connectivity index is 1.55. The Bertz CT molecular complexity index is 1520. The Morgan fingerprint density at radius 3 is 2.40 bits per heavy atom. The van der Waals surface area contributed by atoms with Gasteiger partial charge in [-0.3, -0.25) is 14.2 Å². The molecule has 1 heterocycles. The standard InChI is InChI=1S/C28H26F3N5O3S/c1-17-7-6-10-23(18(17)2)36-24(15-32-26(38)21-8-4-5-9-22(21)28(29,30)31)34-35-27(36)40-16-25(37)33-19-11-13-20(39-3)14-12-19/h4-14H,15-16H2,1-3H3,(H,32,38)(H,33,37). The number of carbonyl (C=O) groups excluding carboxylic acids is 2. The number of anilines is 1. The molecule has 0 atom stereocenters. The van der Waals surface area contributed by atoms with Crippen molar-refractivity contribution in [3.63, 3.8) is 0 Å². The fraction of sp³-hybridized carbons (Fsp3) is 0.214. The number of ether oxygens (including phenoxy) is 1. The van der Waals surface area contributed by atoms with Crippen LogP contribution in [0, 0.1) is 13.8 Å². The monoisotopic (exact) mass is 569 g/mol. The van der Waals surface area contributed by atoms with E-state index >= 15 is 0 Å². The number of hydrogen-bond donors (Lipinski definition) is 2. The molecule has 12 heteroatoms. The summed E-state index contributed by atoms with van der Waals surface area (Å²) in [5.41, 5.74) is 1.73. The highest BCUT2D eigenvalue weighted by Crippen LogP contribution is 2.32. The molecule has 0 saturated heterocycles. The first-order chi connectivity index (χ1) is 19.1. The number of carbonyl (C=O) groups is 2. The number of alkyl halides is 3. The molecular weight excluding hydrogens is 543 g/mol. The zero-order valence-electron chi connectivity index (χ0n) is 21.9. The second-order valence-electron chi connectivity index (χ2n) is 8.74. The van der Waals surface area contributed by atoms with Crippen molar-refractivity contribution >= 4 is 29.3 Å². The van der Waals surface area contributed by atoms with Gasteiger partial charge in [0.1, 0.15) is 5.75 Å². The summed E-state index contributed by atoms with van der Waals surface area (Å²) in [5.74, 6) is -0.193. The van der Waals surface area contributed by atoms with Crippen LogP contribution in [0.5, 0.6) is 5.75 Å². The molecule has 0 aliphatic carbocycles. The number of hydrogen-bond acceptors (Lipinski definition) is 6. The van der Waals surface area contributed by atoms with Crippen LogP contribution in [0.1, 0.15) is 32.9 Å². The van der Waals surface area contributed by atoms with Gasteiger partial charge in [-0.15, -0.1) is 10.2 Å². The molecule has 0 spiro atoms. The van der Waals surface area contributed by atoms with Crippen LogP contribution in [0.25, 0.3) is 5.69 Å². The predicted octanol–water partition coefficient (Wildman–Crippen LogP) is 5.57. The fourth-order valence-corrected chi connectivity index (χ4v) is 4.68. The molecule has 2 amide bonds. The van der Waals surface area contributed by atoms with E-state index in [4.69, 9.17) is 4.74 Å². The maximum absolute atomic E-state index is 13.4. The molecule has 4 rings (SSSR count).